The second-order valence-corrected chi connectivity index (χ2v) is 5.84. The molecule has 0 atom stereocenters. The van der Waals surface area contributed by atoms with Crippen LogP contribution >= 0.6 is 0 Å². The summed E-state index contributed by atoms with van der Waals surface area (Å²) in [7, 11) is 0.884. The average Bonchev–Trinajstić information content (AvgIpc) is 2.66. The van der Waals surface area contributed by atoms with E-state index in [1.165, 1.54) is 24.3 Å². The van der Waals surface area contributed by atoms with Crippen LogP contribution in [0.3, 0.4) is 0 Å². The van der Waals surface area contributed by atoms with Crippen molar-refractivity contribution in [3.63, 3.8) is 0 Å². The van der Waals surface area contributed by atoms with Crippen LogP contribution in [0.15, 0.2) is 48.5 Å². The molecule has 0 aliphatic heterocycles. The lowest BCUT2D eigenvalue weighted by atomic mass is 9.80. The van der Waals surface area contributed by atoms with Crippen molar-refractivity contribution in [1.29, 1.82) is 0 Å². The minimum absolute atomic E-state index is 0.0123. The highest BCUT2D eigenvalue weighted by Crippen LogP contribution is 2.42. The van der Waals surface area contributed by atoms with Gasteiger partial charge in [0, 0.05) is 19.2 Å². The highest BCUT2D eigenvalue weighted by molar-refractivity contribution is 6.35. The molecule has 2 aromatic rings. The minimum atomic E-state index is -2.57. The molecule has 2 N–H and O–H groups in total. The Labute approximate surface area is 157 Å². The van der Waals surface area contributed by atoms with E-state index in [1.54, 1.807) is 0 Å². The smallest absolute Gasteiger partial charge is 0.313 e. The third kappa shape index (κ3) is 3.84. The van der Waals surface area contributed by atoms with E-state index < -0.39 is 56.1 Å². The number of hydrogen-bond donors (Lipinski definition) is 2. The first kappa shape index (κ1) is 20.6. The molecule has 146 valence electrons. The monoisotopic (exact) mass is 389 g/mol. The molecule has 0 aliphatic rings. The van der Waals surface area contributed by atoms with Crippen molar-refractivity contribution < 1.29 is 29.7 Å². The quantitative estimate of drug-likeness (QED) is 0.311. The van der Waals surface area contributed by atoms with Crippen LogP contribution in [0.5, 0.6) is 0 Å². The van der Waals surface area contributed by atoms with E-state index in [0.29, 0.717) is 0 Å². The SMILES string of the molecule is CN(O)C(=O)C(=O)CC(O)(c1ccccc1[N+](=O)[O-])c1ccccc1[N+](=O)[O-]. The molecule has 0 radical (unpaired) electrons. The maximum atomic E-state index is 12.3. The number of para-hydroxylation sites is 2. The Kier molecular flexibility index (Phi) is 5.81. The maximum Gasteiger partial charge on any atom is 0.313 e. The van der Waals surface area contributed by atoms with Crippen LogP contribution in [0.2, 0.25) is 0 Å². The Morgan fingerprint density at radius 1 is 0.964 bits per heavy atom. The standard InChI is InChI=1S/C17H15N3O8/c1-18(24)16(22)15(21)10-17(23,11-6-2-4-8-13(11)19(25)26)12-7-3-5-9-14(12)20(27)28/h2-9,23-24H,10H2,1H3. The number of ketones is 1. The van der Waals surface area contributed by atoms with E-state index >= 15 is 0 Å². The fraction of sp³-hybridized carbons (Fsp3) is 0.176. The molecule has 28 heavy (non-hydrogen) atoms. The van der Waals surface area contributed by atoms with Crippen molar-refractivity contribution in [2.24, 2.45) is 0 Å². The van der Waals surface area contributed by atoms with Gasteiger partial charge < -0.3 is 5.11 Å². The number of amides is 1. The van der Waals surface area contributed by atoms with Crippen LogP contribution < -0.4 is 0 Å². The Morgan fingerprint density at radius 3 is 1.71 bits per heavy atom. The molecule has 0 aliphatic carbocycles. The highest BCUT2D eigenvalue weighted by Gasteiger charge is 2.44. The van der Waals surface area contributed by atoms with Crippen molar-refractivity contribution in [3.05, 3.63) is 79.9 Å². The summed E-state index contributed by atoms with van der Waals surface area (Å²) in [6.45, 7) is 0. The summed E-state index contributed by atoms with van der Waals surface area (Å²) in [6, 6.07) is 9.69. The molecule has 2 rings (SSSR count). The normalized spacial score (nSPS) is 11.0. The predicted octanol–water partition coefficient (Wildman–Crippen LogP) is 1.55. The summed E-state index contributed by atoms with van der Waals surface area (Å²) in [5.41, 5.74) is -4.58. The first-order valence-corrected chi connectivity index (χ1v) is 7.79. The van der Waals surface area contributed by atoms with Gasteiger partial charge in [0.05, 0.1) is 27.4 Å². The lowest BCUT2D eigenvalue weighted by Gasteiger charge is -2.28. The zero-order valence-electron chi connectivity index (χ0n) is 14.5. The molecule has 0 heterocycles. The third-order valence-electron chi connectivity index (χ3n) is 4.04. The zero-order chi connectivity index (χ0) is 21.1. The van der Waals surface area contributed by atoms with Crippen LogP contribution in [0, 0.1) is 20.2 Å². The van der Waals surface area contributed by atoms with E-state index in [4.69, 9.17) is 0 Å². The second-order valence-electron chi connectivity index (χ2n) is 5.84. The molecule has 2 aromatic carbocycles. The number of carbonyl (C=O) groups is 2. The molecule has 1 amide bonds. The van der Waals surface area contributed by atoms with Crippen molar-refractivity contribution in [2.45, 2.75) is 12.0 Å². The Bertz CT molecular complexity index is 899. The molecule has 0 fully saturated rings. The average molecular weight is 389 g/mol. The summed E-state index contributed by atoms with van der Waals surface area (Å²) >= 11 is 0. The van der Waals surface area contributed by atoms with E-state index in [0.717, 1.165) is 31.3 Å². The van der Waals surface area contributed by atoms with Gasteiger partial charge in [-0.3, -0.25) is 35.0 Å². The molecule has 0 saturated heterocycles. The van der Waals surface area contributed by atoms with Gasteiger partial charge in [-0.15, -0.1) is 0 Å². The van der Waals surface area contributed by atoms with Crippen molar-refractivity contribution in [2.75, 3.05) is 7.05 Å². The summed E-state index contributed by atoms with van der Waals surface area (Å²) in [5, 5.41) is 43.3. The van der Waals surface area contributed by atoms with E-state index in [9.17, 15) is 40.1 Å². The lowest BCUT2D eigenvalue weighted by Crippen LogP contribution is -2.38. The number of nitro benzene ring substituents is 2. The number of likely N-dealkylation sites (N-methyl/N-ethyl adjacent to an activating group) is 1. The number of hydrogen-bond acceptors (Lipinski definition) is 8. The molecule has 11 nitrogen and oxygen atoms in total. The maximum absolute atomic E-state index is 12.3. The van der Waals surface area contributed by atoms with Gasteiger partial charge in [0.25, 0.3) is 11.4 Å². The lowest BCUT2D eigenvalue weighted by molar-refractivity contribution is -0.388. The van der Waals surface area contributed by atoms with Crippen LogP contribution in [-0.4, -0.2) is 44.0 Å². The topological polar surface area (TPSA) is 164 Å². The first-order valence-electron chi connectivity index (χ1n) is 7.79. The number of nitro groups is 2. The Balaban J connectivity index is 2.77. The number of benzene rings is 2. The van der Waals surface area contributed by atoms with Gasteiger partial charge in [0.2, 0.25) is 5.78 Å². The number of hydroxylamine groups is 2. The Hall–Kier alpha value is -3.70. The zero-order valence-corrected chi connectivity index (χ0v) is 14.5. The van der Waals surface area contributed by atoms with Gasteiger partial charge in [0.1, 0.15) is 5.60 Å². The van der Waals surface area contributed by atoms with Gasteiger partial charge in [-0.05, 0) is 12.1 Å². The number of nitrogens with zero attached hydrogens (tertiary/aromatic N) is 3. The van der Waals surface area contributed by atoms with E-state index in [1.807, 2.05) is 0 Å². The van der Waals surface area contributed by atoms with Crippen molar-refractivity contribution in [3.8, 4) is 0 Å². The van der Waals surface area contributed by atoms with Crippen LogP contribution in [-0.2, 0) is 15.2 Å². The number of aliphatic hydroxyl groups is 1. The predicted molar refractivity (Wildman–Crippen MR) is 93.4 cm³/mol. The van der Waals surface area contributed by atoms with Gasteiger partial charge in [-0.1, -0.05) is 24.3 Å². The molecule has 0 unspecified atom stereocenters. The summed E-state index contributed by atoms with van der Waals surface area (Å²) in [5.74, 6) is -2.70. The third-order valence-corrected chi connectivity index (χ3v) is 4.04. The molecule has 0 spiro atoms. The van der Waals surface area contributed by atoms with Gasteiger partial charge in [-0.25, -0.2) is 5.06 Å². The largest absolute Gasteiger partial charge is 0.379 e. The molecular weight excluding hydrogens is 374 g/mol. The summed E-state index contributed by atoms with van der Waals surface area (Å²) < 4.78 is 0. The molecule has 0 aromatic heterocycles. The van der Waals surface area contributed by atoms with Crippen LogP contribution in [0.25, 0.3) is 0 Å². The van der Waals surface area contributed by atoms with Crippen molar-refractivity contribution in [1.82, 2.24) is 5.06 Å². The van der Waals surface area contributed by atoms with Crippen molar-refractivity contribution >= 4 is 23.1 Å². The van der Waals surface area contributed by atoms with Gasteiger partial charge in [-0.2, -0.15) is 0 Å². The molecule has 0 bridgehead atoms. The number of rotatable bonds is 7. The second kappa shape index (κ2) is 7.90. The van der Waals surface area contributed by atoms with Crippen LogP contribution in [0.4, 0.5) is 11.4 Å². The molecule has 11 heteroatoms. The molecule has 0 saturated carbocycles. The van der Waals surface area contributed by atoms with E-state index in [-0.39, 0.29) is 5.06 Å². The fourth-order valence-electron chi connectivity index (χ4n) is 2.79. The van der Waals surface area contributed by atoms with Crippen LogP contribution in [0.1, 0.15) is 17.5 Å². The summed E-state index contributed by atoms with van der Waals surface area (Å²) in [4.78, 5) is 45.2. The molecular formula is C17H15N3O8. The Morgan fingerprint density at radius 2 is 1.36 bits per heavy atom. The first-order chi connectivity index (χ1) is 13.1. The minimum Gasteiger partial charge on any atom is -0.379 e. The number of carbonyl (C=O) groups excluding carboxylic acids is 2. The van der Waals surface area contributed by atoms with E-state index in [2.05, 4.69) is 0 Å². The number of Topliss-reactive ketones (excluding diaryl/α,β-unsaturated/α-hetero) is 1. The summed E-state index contributed by atoms with van der Waals surface area (Å²) in [6.07, 6.45) is -1.06. The highest BCUT2D eigenvalue weighted by atomic mass is 16.6. The van der Waals surface area contributed by atoms with Gasteiger partial charge >= 0.3 is 5.91 Å². The van der Waals surface area contributed by atoms with Gasteiger partial charge in [0.15, 0.2) is 0 Å². The fourth-order valence-corrected chi connectivity index (χ4v) is 2.79.